The second-order valence-electron chi connectivity index (χ2n) is 5.59. The third kappa shape index (κ3) is 4.05. The molecule has 0 saturated carbocycles. The van der Waals surface area contributed by atoms with Crippen molar-refractivity contribution in [2.45, 2.75) is 25.7 Å². The average molecular weight is 328 g/mol. The quantitative estimate of drug-likeness (QED) is 0.431. The average Bonchev–Trinajstić information content (AvgIpc) is 3.07. The first kappa shape index (κ1) is 15.9. The van der Waals surface area contributed by atoms with Crippen LogP contribution in [0.4, 0.5) is 8.78 Å². The van der Waals surface area contributed by atoms with Gasteiger partial charge < -0.3 is 0 Å². The molecule has 118 valence electrons. The van der Waals surface area contributed by atoms with Crippen molar-refractivity contribution in [3.63, 3.8) is 0 Å². The minimum atomic E-state index is -1.56. The number of unbranched alkanes of at least 4 members (excludes halogenated alkanes) is 1. The maximum absolute atomic E-state index is 13.4. The van der Waals surface area contributed by atoms with Crippen molar-refractivity contribution in [1.82, 2.24) is 0 Å². The van der Waals surface area contributed by atoms with Crippen LogP contribution in [0.3, 0.4) is 0 Å². The number of fused-ring (bicyclic) bond motifs is 1. The van der Waals surface area contributed by atoms with Gasteiger partial charge in [0, 0.05) is 10.5 Å². The van der Waals surface area contributed by atoms with Gasteiger partial charge in [-0.3, -0.25) is 0 Å². The van der Waals surface area contributed by atoms with Gasteiger partial charge in [0.1, 0.15) is 0 Å². The van der Waals surface area contributed by atoms with Gasteiger partial charge in [-0.2, -0.15) is 8.78 Å². The molecule has 3 rings (SSSR count). The second-order valence-corrected chi connectivity index (χ2v) is 6.62. The molecule has 0 unspecified atom stereocenters. The van der Waals surface area contributed by atoms with Gasteiger partial charge in [-0.25, -0.2) is 0 Å². The van der Waals surface area contributed by atoms with E-state index in [2.05, 4.69) is 11.4 Å². The lowest BCUT2D eigenvalue weighted by Crippen LogP contribution is -1.89. The summed E-state index contributed by atoms with van der Waals surface area (Å²) >= 11 is 1.73. The van der Waals surface area contributed by atoms with E-state index in [1.54, 1.807) is 17.4 Å². The van der Waals surface area contributed by atoms with Gasteiger partial charge in [0.25, 0.3) is 6.08 Å². The molecule has 0 spiro atoms. The van der Waals surface area contributed by atoms with E-state index in [1.165, 1.54) is 4.88 Å². The summed E-state index contributed by atoms with van der Waals surface area (Å²) in [4.78, 5) is 1.32. The molecule has 0 N–H and O–H groups in total. The largest absolute Gasteiger partial charge is 0.274 e. The number of thiophene rings is 1. The van der Waals surface area contributed by atoms with Crippen LogP contribution in [0.15, 0.2) is 66.1 Å². The maximum Gasteiger partial charge on any atom is 0.274 e. The van der Waals surface area contributed by atoms with Crippen molar-refractivity contribution in [2.24, 2.45) is 0 Å². The standard InChI is InChI=1S/C20H18F2S/c21-20(22)19(10-4-3-8-18-9-5-13-23-18)17-12-11-15-6-1-2-7-16(15)14-17/h1-2,5-7,9,11-14H,3-4,8,10H2. The number of rotatable bonds is 6. The highest BCUT2D eigenvalue weighted by Crippen LogP contribution is 2.29. The number of aryl methyl sites for hydroxylation is 1. The summed E-state index contributed by atoms with van der Waals surface area (Å²) in [6.45, 7) is 0. The lowest BCUT2D eigenvalue weighted by atomic mass is 9.98. The van der Waals surface area contributed by atoms with Crippen molar-refractivity contribution < 1.29 is 8.78 Å². The molecule has 1 aromatic heterocycles. The highest BCUT2D eigenvalue weighted by atomic mass is 32.1. The van der Waals surface area contributed by atoms with E-state index in [1.807, 2.05) is 42.5 Å². The minimum absolute atomic E-state index is 0.182. The van der Waals surface area contributed by atoms with Gasteiger partial charge in [-0.15, -0.1) is 11.3 Å². The van der Waals surface area contributed by atoms with Crippen LogP contribution in [0, 0.1) is 0 Å². The predicted molar refractivity (Wildman–Crippen MR) is 95.0 cm³/mol. The van der Waals surface area contributed by atoms with Gasteiger partial charge in [-0.05, 0) is 59.5 Å². The summed E-state index contributed by atoms with van der Waals surface area (Å²) in [6.07, 6.45) is 1.54. The topological polar surface area (TPSA) is 0 Å². The van der Waals surface area contributed by atoms with E-state index >= 15 is 0 Å². The lowest BCUT2D eigenvalue weighted by molar-refractivity contribution is 0.422. The van der Waals surface area contributed by atoms with Crippen LogP contribution >= 0.6 is 11.3 Å². The fraction of sp³-hybridized carbons (Fsp3) is 0.200. The van der Waals surface area contributed by atoms with Crippen LogP contribution in [0.25, 0.3) is 16.3 Å². The molecule has 0 radical (unpaired) electrons. The van der Waals surface area contributed by atoms with Crippen LogP contribution in [0.1, 0.15) is 29.7 Å². The van der Waals surface area contributed by atoms with Gasteiger partial charge >= 0.3 is 0 Å². The third-order valence-corrected chi connectivity index (χ3v) is 4.94. The van der Waals surface area contributed by atoms with Crippen molar-refractivity contribution in [2.75, 3.05) is 0 Å². The van der Waals surface area contributed by atoms with Crippen LogP contribution in [0.2, 0.25) is 0 Å². The first-order valence-electron chi connectivity index (χ1n) is 7.80. The Morgan fingerprint density at radius 1 is 0.870 bits per heavy atom. The summed E-state index contributed by atoms with van der Waals surface area (Å²) in [5, 5.41) is 4.13. The highest BCUT2D eigenvalue weighted by molar-refractivity contribution is 7.09. The third-order valence-electron chi connectivity index (χ3n) is 4.01. The van der Waals surface area contributed by atoms with Crippen molar-refractivity contribution in [1.29, 1.82) is 0 Å². The Balaban J connectivity index is 1.69. The zero-order valence-corrected chi connectivity index (χ0v) is 13.6. The van der Waals surface area contributed by atoms with E-state index in [4.69, 9.17) is 0 Å². The van der Waals surface area contributed by atoms with E-state index in [0.717, 1.165) is 30.0 Å². The Morgan fingerprint density at radius 3 is 2.43 bits per heavy atom. The summed E-state index contributed by atoms with van der Waals surface area (Å²) in [5.41, 5.74) is 0.821. The zero-order valence-electron chi connectivity index (χ0n) is 12.8. The number of hydrogen-bond donors (Lipinski definition) is 0. The smallest absolute Gasteiger partial charge is 0.173 e. The van der Waals surface area contributed by atoms with Crippen LogP contribution in [-0.4, -0.2) is 0 Å². The molecule has 0 aliphatic heterocycles. The van der Waals surface area contributed by atoms with Crippen LogP contribution < -0.4 is 0 Å². The van der Waals surface area contributed by atoms with Gasteiger partial charge in [-0.1, -0.05) is 42.5 Å². The van der Waals surface area contributed by atoms with E-state index in [0.29, 0.717) is 12.0 Å². The molecule has 0 saturated heterocycles. The van der Waals surface area contributed by atoms with Crippen molar-refractivity contribution >= 4 is 27.7 Å². The normalized spacial score (nSPS) is 10.9. The lowest BCUT2D eigenvalue weighted by Gasteiger charge is -2.08. The van der Waals surface area contributed by atoms with E-state index in [-0.39, 0.29) is 5.57 Å². The molecule has 3 aromatic rings. The summed E-state index contributed by atoms with van der Waals surface area (Å²) in [5.74, 6) is 0. The first-order chi connectivity index (χ1) is 11.2. The SMILES string of the molecule is FC(F)=C(CCCCc1cccs1)c1ccc2ccccc2c1. The molecule has 0 fully saturated rings. The number of allylic oxidation sites excluding steroid dienone is 1. The zero-order chi connectivity index (χ0) is 16.1. The predicted octanol–water partition coefficient (Wildman–Crippen LogP) is 6.92. The fourth-order valence-electron chi connectivity index (χ4n) is 2.78. The Labute approximate surface area is 139 Å². The molecule has 23 heavy (non-hydrogen) atoms. The Bertz CT molecular complexity index is 799. The van der Waals surface area contributed by atoms with E-state index in [9.17, 15) is 8.78 Å². The molecular weight excluding hydrogens is 310 g/mol. The van der Waals surface area contributed by atoms with E-state index < -0.39 is 6.08 Å². The molecule has 0 aliphatic carbocycles. The van der Waals surface area contributed by atoms with Crippen molar-refractivity contribution in [3.8, 4) is 0 Å². The van der Waals surface area contributed by atoms with Crippen molar-refractivity contribution in [3.05, 3.63) is 76.5 Å². The molecule has 3 heteroatoms. The van der Waals surface area contributed by atoms with Gasteiger partial charge in [0.15, 0.2) is 0 Å². The van der Waals surface area contributed by atoms with Gasteiger partial charge in [0.05, 0.1) is 0 Å². The number of hydrogen-bond acceptors (Lipinski definition) is 1. The molecule has 0 atom stereocenters. The van der Waals surface area contributed by atoms with Crippen LogP contribution in [-0.2, 0) is 6.42 Å². The Hall–Kier alpha value is -2.00. The number of benzene rings is 2. The monoisotopic (exact) mass is 328 g/mol. The molecule has 0 nitrogen and oxygen atoms in total. The summed E-state index contributed by atoms with van der Waals surface area (Å²) < 4.78 is 26.7. The molecule has 0 bridgehead atoms. The summed E-state index contributed by atoms with van der Waals surface area (Å²) in [6, 6.07) is 17.6. The van der Waals surface area contributed by atoms with Gasteiger partial charge in [0.2, 0.25) is 0 Å². The molecular formula is C20H18F2S. The fourth-order valence-corrected chi connectivity index (χ4v) is 3.53. The highest BCUT2D eigenvalue weighted by Gasteiger charge is 2.10. The molecule has 1 heterocycles. The first-order valence-corrected chi connectivity index (χ1v) is 8.68. The molecule has 0 aliphatic rings. The molecule has 0 amide bonds. The number of halogens is 2. The summed E-state index contributed by atoms with van der Waals surface area (Å²) in [7, 11) is 0. The Kier molecular flexibility index (Phi) is 5.19. The Morgan fingerprint density at radius 2 is 1.70 bits per heavy atom. The molecule has 2 aromatic carbocycles. The van der Waals surface area contributed by atoms with Crippen LogP contribution in [0.5, 0.6) is 0 Å². The second kappa shape index (κ2) is 7.51. The maximum atomic E-state index is 13.4. The minimum Gasteiger partial charge on any atom is -0.173 e.